The number of carboxylic acids is 1. The number of hydrogen-bond acceptors (Lipinski definition) is 4. The van der Waals surface area contributed by atoms with Gasteiger partial charge >= 0.3 is 5.97 Å². The third-order valence-corrected chi connectivity index (χ3v) is 3.82. The van der Waals surface area contributed by atoms with Crippen LogP contribution < -0.4 is 14.8 Å². The zero-order valence-electron chi connectivity index (χ0n) is 13.1. The van der Waals surface area contributed by atoms with E-state index in [9.17, 15) is 4.79 Å². The summed E-state index contributed by atoms with van der Waals surface area (Å²) in [5.41, 5.74) is 2.62. The lowest BCUT2D eigenvalue weighted by Crippen LogP contribution is -2.06. The molecule has 2 N–H and O–H groups in total. The lowest BCUT2D eigenvalue weighted by atomic mass is 10.1. The Bertz CT molecular complexity index is 731. The Morgan fingerprint density at radius 3 is 2.61 bits per heavy atom. The van der Waals surface area contributed by atoms with Crippen LogP contribution in [0.15, 0.2) is 30.3 Å². The molecule has 5 nitrogen and oxygen atoms in total. The normalized spacial score (nSPS) is 10.3. The summed E-state index contributed by atoms with van der Waals surface area (Å²) in [6.07, 6.45) is 0. The number of rotatable bonds is 6. The lowest BCUT2D eigenvalue weighted by molar-refractivity contribution is 0.0696. The lowest BCUT2D eigenvalue weighted by Gasteiger charge is -2.14. The van der Waals surface area contributed by atoms with Gasteiger partial charge in [-0.1, -0.05) is 17.7 Å². The molecule has 0 heterocycles. The summed E-state index contributed by atoms with van der Waals surface area (Å²) in [5.74, 6) is 0.0927. The van der Waals surface area contributed by atoms with E-state index in [1.54, 1.807) is 32.2 Å². The van der Waals surface area contributed by atoms with Gasteiger partial charge in [0, 0.05) is 12.2 Å². The van der Waals surface area contributed by atoms with Gasteiger partial charge in [0.25, 0.3) is 0 Å². The molecular weight excluding hydrogens is 318 g/mol. The minimum absolute atomic E-state index is 0.278. The van der Waals surface area contributed by atoms with E-state index in [2.05, 4.69) is 5.32 Å². The third-order valence-electron chi connectivity index (χ3n) is 3.54. The van der Waals surface area contributed by atoms with E-state index in [-0.39, 0.29) is 5.56 Å². The first-order chi connectivity index (χ1) is 11.0. The number of carboxylic acid groups (broad SMARTS) is 1. The van der Waals surface area contributed by atoms with E-state index in [1.165, 1.54) is 7.11 Å². The second kappa shape index (κ2) is 7.24. The van der Waals surface area contributed by atoms with Crippen molar-refractivity contribution in [2.75, 3.05) is 19.5 Å². The first-order valence-corrected chi connectivity index (χ1v) is 7.33. The van der Waals surface area contributed by atoms with Gasteiger partial charge in [-0.3, -0.25) is 0 Å². The van der Waals surface area contributed by atoms with Gasteiger partial charge in [0.15, 0.2) is 11.5 Å². The molecule has 0 fully saturated rings. The molecule has 122 valence electrons. The van der Waals surface area contributed by atoms with Gasteiger partial charge in [0.2, 0.25) is 0 Å². The highest BCUT2D eigenvalue weighted by molar-refractivity contribution is 6.32. The van der Waals surface area contributed by atoms with Gasteiger partial charge in [-0.15, -0.1) is 0 Å². The van der Waals surface area contributed by atoms with E-state index in [4.69, 9.17) is 26.2 Å². The summed E-state index contributed by atoms with van der Waals surface area (Å²) in [5, 5.41) is 12.8. The molecule has 23 heavy (non-hydrogen) atoms. The maximum Gasteiger partial charge on any atom is 0.336 e. The van der Waals surface area contributed by atoms with Gasteiger partial charge in [-0.2, -0.15) is 0 Å². The summed E-state index contributed by atoms with van der Waals surface area (Å²) >= 11 is 6.18. The van der Waals surface area contributed by atoms with E-state index in [0.29, 0.717) is 28.6 Å². The number of halogens is 1. The number of aromatic carboxylic acids is 1. The molecule has 2 rings (SSSR count). The van der Waals surface area contributed by atoms with Crippen molar-refractivity contribution in [1.82, 2.24) is 0 Å². The van der Waals surface area contributed by atoms with Crippen LogP contribution in [0.3, 0.4) is 0 Å². The SMILES string of the molecule is COc1cc(CNc2cccc(C(=O)O)c2C)cc(Cl)c1OC. The maximum absolute atomic E-state index is 11.2. The van der Waals surface area contributed by atoms with Crippen molar-refractivity contribution >= 4 is 23.3 Å². The van der Waals surface area contributed by atoms with Crippen LogP contribution in [0.5, 0.6) is 11.5 Å². The molecule has 0 aliphatic rings. The first kappa shape index (κ1) is 17.0. The van der Waals surface area contributed by atoms with Crippen LogP contribution in [0.1, 0.15) is 21.5 Å². The van der Waals surface area contributed by atoms with E-state index < -0.39 is 5.97 Å². The number of nitrogens with one attached hydrogen (secondary N) is 1. The van der Waals surface area contributed by atoms with Crippen molar-refractivity contribution < 1.29 is 19.4 Å². The Balaban J connectivity index is 2.23. The summed E-state index contributed by atoms with van der Waals surface area (Å²) in [7, 11) is 3.08. The standard InChI is InChI=1S/C17H18ClNO4/c1-10-12(17(20)21)5-4-6-14(10)19-9-11-7-13(18)16(23-3)15(8-11)22-2/h4-8,19H,9H2,1-3H3,(H,20,21). The monoisotopic (exact) mass is 335 g/mol. The van der Waals surface area contributed by atoms with Crippen LogP contribution in [0.25, 0.3) is 0 Å². The molecule has 0 aliphatic heterocycles. The predicted octanol–water partition coefficient (Wildman–Crippen LogP) is 3.98. The minimum atomic E-state index is -0.944. The molecule has 0 saturated carbocycles. The van der Waals surface area contributed by atoms with Crippen LogP contribution in [-0.2, 0) is 6.54 Å². The van der Waals surface area contributed by atoms with Crippen molar-refractivity contribution in [2.45, 2.75) is 13.5 Å². The second-order valence-electron chi connectivity index (χ2n) is 4.95. The zero-order valence-corrected chi connectivity index (χ0v) is 13.9. The smallest absolute Gasteiger partial charge is 0.336 e. The predicted molar refractivity (Wildman–Crippen MR) is 90.0 cm³/mol. The fourth-order valence-electron chi connectivity index (χ4n) is 2.33. The summed E-state index contributed by atoms with van der Waals surface area (Å²) in [6, 6.07) is 8.74. The average Bonchev–Trinajstić information content (AvgIpc) is 2.52. The number of hydrogen-bond donors (Lipinski definition) is 2. The molecule has 6 heteroatoms. The molecule has 0 bridgehead atoms. The van der Waals surface area contributed by atoms with Crippen molar-refractivity contribution in [3.63, 3.8) is 0 Å². The van der Waals surface area contributed by atoms with Crippen LogP contribution in [0.2, 0.25) is 5.02 Å². The number of ether oxygens (including phenoxy) is 2. The van der Waals surface area contributed by atoms with Crippen LogP contribution in [0.4, 0.5) is 5.69 Å². The molecule has 0 amide bonds. The highest BCUT2D eigenvalue weighted by atomic mass is 35.5. The summed E-state index contributed by atoms with van der Waals surface area (Å²) < 4.78 is 10.5. The number of anilines is 1. The molecule has 0 atom stereocenters. The molecule has 0 aromatic heterocycles. The number of benzene rings is 2. The molecular formula is C17H18ClNO4. The van der Waals surface area contributed by atoms with Crippen molar-refractivity contribution in [3.05, 3.63) is 52.0 Å². The van der Waals surface area contributed by atoms with Gasteiger partial charge in [-0.05, 0) is 42.3 Å². The van der Waals surface area contributed by atoms with Crippen molar-refractivity contribution in [3.8, 4) is 11.5 Å². The Labute approximate surface area is 139 Å². The van der Waals surface area contributed by atoms with E-state index >= 15 is 0 Å². The molecule has 0 spiro atoms. The highest BCUT2D eigenvalue weighted by Crippen LogP contribution is 2.36. The van der Waals surface area contributed by atoms with Crippen LogP contribution in [0, 0.1) is 6.92 Å². The highest BCUT2D eigenvalue weighted by Gasteiger charge is 2.12. The minimum Gasteiger partial charge on any atom is -0.493 e. The third kappa shape index (κ3) is 3.68. The first-order valence-electron chi connectivity index (χ1n) is 6.95. The topological polar surface area (TPSA) is 67.8 Å². The summed E-state index contributed by atoms with van der Waals surface area (Å²) in [6.45, 7) is 2.25. The van der Waals surface area contributed by atoms with Gasteiger partial charge in [0.05, 0.1) is 24.8 Å². The van der Waals surface area contributed by atoms with Crippen LogP contribution in [-0.4, -0.2) is 25.3 Å². The van der Waals surface area contributed by atoms with Crippen molar-refractivity contribution in [2.24, 2.45) is 0 Å². The van der Waals surface area contributed by atoms with Gasteiger partial charge < -0.3 is 19.9 Å². The van der Waals surface area contributed by atoms with Crippen LogP contribution >= 0.6 is 11.6 Å². The molecule has 0 radical (unpaired) electrons. The van der Waals surface area contributed by atoms with E-state index in [0.717, 1.165) is 11.3 Å². The Hall–Kier alpha value is -2.40. The quantitative estimate of drug-likeness (QED) is 0.835. The van der Waals surface area contributed by atoms with Crippen molar-refractivity contribution in [1.29, 1.82) is 0 Å². The second-order valence-corrected chi connectivity index (χ2v) is 5.36. The number of methoxy groups -OCH3 is 2. The maximum atomic E-state index is 11.2. The number of carbonyl (C=O) groups is 1. The molecule has 2 aromatic carbocycles. The molecule has 0 saturated heterocycles. The van der Waals surface area contributed by atoms with Gasteiger partial charge in [-0.25, -0.2) is 4.79 Å². The molecule has 0 aliphatic carbocycles. The zero-order chi connectivity index (χ0) is 17.0. The fourth-order valence-corrected chi connectivity index (χ4v) is 2.64. The average molecular weight is 336 g/mol. The Kier molecular flexibility index (Phi) is 5.34. The Morgan fingerprint density at radius 2 is 2.00 bits per heavy atom. The Morgan fingerprint density at radius 1 is 1.26 bits per heavy atom. The fraction of sp³-hybridized carbons (Fsp3) is 0.235. The summed E-state index contributed by atoms with van der Waals surface area (Å²) in [4.78, 5) is 11.2. The van der Waals surface area contributed by atoms with E-state index in [1.807, 2.05) is 12.1 Å². The molecule has 0 unspecified atom stereocenters. The molecule has 2 aromatic rings. The van der Waals surface area contributed by atoms with Gasteiger partial charge in [0.1, 0.15) is 0 Å². The largest absolute Gasteiger partial charge is 0.493 e.